The normalized spacial score (nSPS) is 12.4. The first-order chi connectivity index (χ1) is 20.6. The van der Waals surface area contributed by atoms with Crippen molar-refractivity contribution in [2.24, 2.45) is 0 Å². The van der Waals surface area contributed by atoms with Gasteiger partial charge in [-0.2, -0.15) is 0 Å². The van der Waals surface area contributed by atoms with E-state index in [-0.39, 0.29) is 21.5 Å². The summed E-state index contributed by atoms with van der Waals surface area (Å²) in [6.45, 7) is 9.53. The van der Waals surface area contributed by atoms with Crippen molar-refractivity contribution >= 4 is 53.6 Å². The topological polar surface area (TPSA) is 76.6 Å². The van der Waals surface area contributed by atoms with Crippen LogP contribution in [0.3, 0.4) is 0 Å². The largest absolute Gasteiger partial charge is 0.497 e. The molecule has 7 nitrogen and oxygen atoms in total. The van der Waals surface area contributed by atoms with Crippen molar-refractivity contribution in [1.29, 1.82) is 0 Å². The number of urea groups is 1. The minimum Gasteiger partial charge on any atom is -0.497 e. The smallest absolute Gasteiger partial charge is 0.322 e. The summed E-state index contributed by atoms with van der Waals surface area (Å²) in [7, 11) is -1.06. The van der Waals surface area contributed by atoms with E-state index in [1.54, 1.807) is 30.3 Å². The van der Waals surface area contributed by atoms with E-state index in [2.05, 4.69) is 84.6 Å². The third-order valence-corrected chi connectivity index (χ3v) is 13.0. The van der Waals surface area contributed by atoms with Crippen LogP contribution >= 0.6 is 23.2 Å². The van der Waals surface area contributed by atoms with E-state index in [0.717, 1.165) is 0 Å². The number of aromatic nitrogens is 2. The number of carbonyl (C=O) groups is 1. The van der Waals surface area contributed by atoms with E-state index in [0.29, 0.717) is 36.6 Å². The molecular formula is C33H38Cl2N4O3Si. The number of methoxy groups -OCH3 is 1. The average Bonchev–Trinajstić information content (AvgIpc) is 2.99. The lowest BCUT2D eigenvalue weighted by Gasteiger charge is -2.43. The summed E-state index contributed by atoms with van der Waals surface area (Å²) >= 11 is 12.3. The van der Waals surface area contributed by atoms with E-state index < -0.39 is 14.4 Å². The Kier molecular flexibility index (Phi) is 10.8. The lowest BCUT2D eigenvalue weighted by atomic mass is 10.1. The summed E-state index contributed by atoms with van der Waals surface area (Å²) < 4.78 is 12.3. The molecule has 3 aromatic carbocycles. The van der Waals surface area contributed by atoms with Gasteiger partial charge in [0, 0.05) is 30.6 Å². The first-order valence-corrected chi connectivity index (χ1v) is 16.9. The van der Waals surface area contributed by atoms with Crippen molar-refractivity contribution in [2.75, 3.05) is 25.2 Å². The molecule has 226 valence electrons. The van der Waals surface area contributed by atoms with Gasteiger partial charge in [0.1, 0.15) is 10.9 Å². The third kappa shape index (κ3) is 7.38. The number of nitrogens with zero attached hydrogens (tertiary/aromatic N) is 3. The Hall–Kier alpha value is -3.43. The van der Waals surface area contributed by atoms with Crippen molar-refractivity contribution in [3.05, 3.63) is 107 Å². The van der Waals surface area contributed by atoms with Crippen molar-refractivity contribution < 1.29 is 14.0 Å². The van der Waals surface area contributed by atoms with Gasteiger partial charge in [-0.1, -0.05) is 93.0 Å². The van der Waals surface area contributed by atoms with Gasteiger partial charge in [-0.25, -0.2) is 14.8 Å². The van der Waals surface area contributed by atoms with Gasteiger partial charge < -0.3 is 14.5 Å². The van der Waals surface area contributed by atoms with Crippen LogP contribution in [-0.2, 0) is 4.43 Å². The second kappa shape index (κ2) is 14.4. The van der Waals surface area contributed by atoms with Crippen molar-refractivity contribution in [3.8, 4) is 5.75 Å². The summed E-state index contributed by atoms with van der Waals surface area (Å²) in [6, 6.07) is 27.5. The molecule has 1 aromatic heterocycles. The van der Waals surface area contributed by atoms with Crippen LogP contribution in [0, 0.1) is 0 Å². The quantitative estimate of drug-likeness (QED) is 0.0827. The Morgan fingerprint density at radius 3 is 2.05 bits per heavy atom. The molecule has 2 amide bonds. The van der Waals surface area contributed by atoms with Gasteiger partial charge in [-0.05, 0) is 64.6 Å². The summed E-state index contributed by atoms with van der Waals surface area (Å²) in [5, 5.41) is 5.63. The third-order valence-electron chi connectivity index (χ3n) is 7.48. The van der Waals surface area contributed by atoms with Crippen molar-refractivity contribution in [3.63, 3.8) is 0 Å². The predicted octanol–water partition coefficient (Wildman–Crippen LogP) is 7.04. The lowest BCUT2D eigenvalue weighted by Crippen LogP contribution is -2.66. The molecule has 10 heteroatoms. The summed E-state index contributed by atoms with van der Waals surface area (Å²) in [5.74, 6) is 0.685. The molecule has 1 atom stereocenters. The molecular weight excluding hydrogens is 599 g/mol. The molecule has 4 aromatic rings. The van der Waals surface area contributed by atoms with E-state index >= 15 is 0 Å². The van der Waals surface area contributed by atoms with Crippen LogP contribution in [0.5, 0.6) is 5.75 Å². The van der Waals surface area contributed by atoms with E-state index in [4.69, 9.17) is 32.4 Å². The summed E-state index contributed by atoms with van der Waals surface area (Å²) in [4.78, 5) is 23.5. The standard InChI is InChI=1S/C33H38Cl2N4O3Si/c1-24(29-23-37-31(35)38-30(29)34)39(25-17-19-26(41-5)20-18-25)32(40)36-21-12-22-42-43(33(2,3)4,27-13-8-6-9-14-27)28-15-10-7-11-16-28/h6-11,13-20,23-24H,12,21-22H2,1-5H3,(H,36,40)/t24-/m0/s1. The molecule has 0 radical (unpaired) electrons. The van der Waals surface area contributed by atoms with Crippen LogP contribution in [0.1, 0.15) is 45.7 Å². The van der Waals surface area contributed by atoms with Gasteiger partial charge in [0.25, 0.3) is 8.32 Å². The SMILES string of the molecule is COc1ccc(N(C(=O)NCCCO[Si](c2ccccc2)(c2ccccc2)C(C)(C)C)[C@@H](C)c2cnc(Cl)nc2Cl)cc1. The Bertz CT molecular complexity index is 1450. The number of ether oxygens (including phenoxy) is 1. The Labute approximate surface area is 265 Å². The van der Waals surface area contributed by atoms with Gasteiger partial charge in [0.05, 0.1) is 13.2 Å². The maximum atomic E-state index is 13.7. The molecule has 0 aliphatic carbocycles. The number of amides is 2. The minimum atomic E-state index is -2.66. The van der Waals surface area contributed by atoms with Gasteiger partial charge in [0.2, 0.25) is 5.28 Å². The molecule has 4 rings (SSSR count). The molecule has 0 aliphatic heterocycles. The monoisotopic (exact) mass is 636 g/mol. The fourth-order valence-corrected chi connectivity index (χ4v) is 10.4. The molecule has 0 fully saturated rings. The zero-order chi connectivity index (χ0) is 31.0. The number of benzene rings is 3. The molecule has 0 aliphatic rings. The molecule has 0 unspecified atom stereocenters. The van der Waals surface area contributed by atoms with Crippen LogP contribution in [0.25, 0.3) is 0 Å². The maximum Gasteiger partial charge on any atom is 0.322 e. The van der Waals surface area contributed by atoms with Gasteiger partial charge in [-0.3, -0.25) is 4.90 Å². The van der Waals surface area contributed by atoms with Gasteiger partial charge >= 0.3 is 6.03 Å². The predicted molar refractivity (Wildman–Crippen MR) is 178 cm³/mol. The lowest BCUT2D eigenvalue weighted by molar-refractivity contribution is 0.242. The van der Waals surface area contributed by atoms with Crippen LogP contribution < -0.4 is 25.3 Å². The molecule has 43 heavy (non-hydrogen) atoms. The van der Waals surface area contributed by atoms with E-state index in [1.165, 1.54) is 10.4 Å². The molecule has 0 spiro atoms. The fraction of sp³-hybridized carbons (Fsp3) is 0.303. The van der Waals surface area contributed by atoms with Crippen LogP contribution in [0.4, 0.5) is 10.5 Å². The van der Waals surface area contributed by atoms with Crippen molar-refractivity contribution in [1.82, 2.24) is 15.3 Å². The van der Waals surface area contributed by atoms with Crippen LogP contribution in [0.2, 0.25) is 15.5 Å². The number of nitrogens with one attached hydrogen (secondary N) is 1. The van der Waals surface area contributed by atoms with Crippen LogP contribution in [-0.4, -0.2) is 44.6 Å². The number of hydrogen-bond acceptors (Lipinski definition) is 5. The van der Waals surface area contributed by atoms with E-state index in [1.807, 2.05) is 31.2 Å². The highest BCUT2D eigenvalue weighted by Gasteiger charge is 2.49. The molecule has 0 saturated heterocycles. The Morgan fingerprint density at radius 1 is 0.953 bits per heavy atom. The summed E-state index contributed by atoms with van der Waals surface area (Å²) in [5.41, 5.74) is 1.24. The minimum absolute atomic E-state index is 0.0438. The van der Waals surface area contributed by atoms with Crippen LogP contribution in [0.15, 0.2) is 91.1 Å². The number of carbonyl (C=O) groups excluding carboxylic acids is 1. The van der Waals surface area contributed by atoms with Gasteiger partial charge in [0.15, 0.2) is 0 Å². The Morgan fingerprint density at radius 2 is 1.53 bits per heavy atom. The summed E-state index contributed by atoms with van der Waals surface area (Å²) in [6.07, 6.45) is 2.18. The fourth-order valence-electron chi connectivity index (χ4n) is 5.37. The second-order valence-electron chi connectivity index (χ2n) is 11.2. The highest BCUT2D eigenvalue weighted by Crippen LogP contribution is 2.37. The van der Waals surface area contributed by atoms with Gasteiger partial charge in [-0.15, -0.1) is 0 Å². The molecule has 1 N–H and O–H groups in total. The number of halogens is 2. The molecule has 0 saturated carbocycles. The maximum absolute atomic E-state index is 13.7. The molecule has 1 heterocycles. The second-order valence-corrected chi connectivity index (χ2v) is 16.2. The average molecular weight is 638 g/mol. The first-order valence-electron chi connectivity index (χ1n) is 14.2. The number of rotatable bonds is 11. The highest BCUT2D eigenvalue weighted by atomic mass is 35.5. The highest BCUT2D eigenvalue weighted by molar-refractivity contribution is 6.99. The number of anilines is 1. The van der Waals surface area contributed by atoms with Crippen molar-refractivity contribution in [2.45, 2.75) is 45.2 Å². The zero-order valence-electron chi connectivity index (χ0n) is 25.2. The first kappa shape index (κ1) is 32.5. The number of hydrogen-bond donors (Lipinski definition) is 1. The Balaban J connectivity index is 1.52. The molecule has 0 bridgehead atoms. The van der Waals surface area contributed by atoms with E-state index in [9.17, 15) is 4.79 Å². The zero-order valence-corrected chi connectivity index (χ0v) is 27.7.